The van der Waals surface area contributed by atoms with Crippen molar-refractivity contribution < 1.29 is 0 Å². The first kappa shape index (κ1) is 15.4. The first-order valence-electron chi connectivity index (χ1n) is 6.53. The summed E-state index contributed by atoms with van der Waals surface area (Å²) in [7, 11) is 0. The average Bonchev–Trinajstić information content (AvgIpc) is 2.42. The van der Waals surface area contributed by atoms with Gasteiger partial charge in [-0.3, -0.25) is 0 Å². The molecule has 0 spiro atoms. The van der Waals surface area contributed by atoms with Gasteiger partial charge in [0.05, 0.1) is 5.02 Å². The lowest BCUT2D eigenvalue weighted by Crippen LogP contribution is -2.19. The third-order valence-electron chi connectivity index (χ3n) is 2.76. The van der Waals surface area contributed by atoms with Crippen molar-refractivity contribution in [3.05, 3.63) is 45.7 Å². The van der Waals surface area contributed by atoms with Crippen LogP contribution in [0.25, 0.3) is 11.4 Å². The quantitative estimate of drug-likeness (QED) is 0.869. The zero-order valence-electron chi connectivity index (χ0n) is 11.5. The van der Waals surface area contributed by atoms with Crippen LogP contribution < -0.4 is 5.32 Å². The Bertz CT molecular complexity index is 570. The van der Waals surface area contributed by atoms with Crippen molar-refractivity contribution in [1.29, 1.82) is 0 Å². The zero-order chi connectivity index (χ0) is 14.5. The van der Waals surface area contributed by atoms with E-state index in [0.717, 1.165) is 28.7 Å². The Balaban J connectivity index is 2.05. The maximum atomic E-state index is 5.98. The lowest BCUT2D eigenvalue weighted by Gasteiger charge is -2.07. The molecule has 0 saturated carbocycles. The van der Waals surface area contributed by atoms with Gasteiger partial charge in [-0.1, -0.05) is 25.4 Å². The SMILES string of the molecule is CC(C)CNCc1cnc(-c2ccc(Cl)c(Br)c2)nc1. The van der Waals surface area contributed by atoms with Gasteiger partial charge in [0.25, 0.3) is 0 Å². The number of aromatic nitrogens is 2. The molecule has 1 aromatic carbocycles. The third kappa shape index (κ3) is 4.27. The molecule has 5 heteroatoms. The molecule has 0 aliphatic rings. The van der Waals surface area contributed by atoms with Crippen LogP contribution in [-0.4, -0.2) is 16.5 Å². The Morgan fingerprint density at radius 1 is 1.25 bits per heavy atom. The van der Waals surface area contributed by atoms with Crippen molar-refractivity contribution in [3.8, 4) is 11.4 Å². The predicted octanol–water partition coefficient (Wildman–Crippen LogP) is 4.31. The van der Waals surface area contributed by atoms with E-state index in [-0.39, 0.29) is 0 Å². The van der Waals surface area contributed by atoms with Gasteiger partial charge in [-0.25, -0.2) is 9.97 Å². The van der Waals surface area contributed by atoms with Crippen molar-refractivity contribution >= 4 is 27.5 Å². The minimum absolute atomic E-state index is 0.640. The number of nitrogens with zero attached hydrogens (tertiary/aromatic N) is 2. The van der Waals surface area contributed by atoms with E-state index in [1.165, 1.54) is 0 Å². The summed E-state index contributed by atoms with van der Waals surface area (Å²) in [4.78, 5) is 8.80. The molecule has 0 atom stereocenters. The minimum Gasteiger partial charge on any atom is -0.312 e. The summed E-state index contributed by atoms with van der Waals surface area (Å²) in [5.41, 5.74) is 2.03. The number of rotatable bonds is 5. The van der Waals surface area contributed by atoms with Crippen molar-refractivity contribution in [2.45, 2.75) is 20.4 Å². The van der Waals surface area contributed by atoms with Gasteiger partial charge in [0.15, 0.2) is 5.82 Å². The summed E-state index contributed by atoms with van der Waals surface area (Å²) < 4.78 is 0.850. The first-order chi connectivity index (χ1) is 9.56. The molecule has 2 rings (SSSR count). The minimum atomic E-state index is 0.640. The van der Waals surface area contributed by atoms with Gasteiger partial charge in [-0.05, 0) is 46.6 Å². The highest BCUT2D eigenvalue weighted by atomic mass is 79.9. The Morgan fingerprint density at radius 3 is 2.55 bits per heavy atom. The summed E-state index contributed by atoms with van der Waals surface area (Å²) in [5, 5.41) is 4.06. The van der Waals surface area contributed by atoms with Gasteiger partial charge in [0, 0.05) is 34.5 Å². The Labute approximate surface area is 132 Å². The van der Waals surface area contributed by atoms with Gasteiger partial charge in [-0.15, -0.1) is 0 Å². The number of halogens is 2. The molecule has 20 heavy (non-hydrogen) atoms. The van der Waals surface area contributed by atoms with E-state index >= 15 is 0 Å². The highest BCUT2D eigenvalue weighted by Crippen LogP contribution is 2.27. The van der Waals surface area contributed by atoms with E-state index in [9.17, 15) is 0 Å². The van der Waals surface area contributed by atoms with Crippen LogP contribution in [0, 0.1) is 5.92 Å². The van der Waals surface area contributed by atoms with Crippen LogP contribution in [0.4, 0.5) is 0 Å². The van der Waals surface area contributed by atoms with E-state index in [2.05, 4.69) is 45.1 Å². The van der Waals surface area contributed by atoms with Crippen molar-refractivity contribution in [1.82, 2.24) is 15.3 Å². The number of nitrogens with one attached hydrogen (secondary N) is 1. The lowest BCUT2D eigenvalue weighted by molar-refractivity contribution is 0.551. The largest absolute Gasteiger partial charge is 0.312 e. The lowest BCUT2D eigenvalue weighted by atomic mass is 10.2. The fraction of sp³-hybridized carbons (Fsp3) is 0.333. The summed E-state index contributed by atoms with van der Waals surface area (Å²) in [6.45, 7) is 6.16. The van der Waals surface area contributed by atoms with Crippen LogP contribution >= 0.6 is 27.5 Å². The van der Waals surface area contributed by atoms with Crippen molar-refractivity contribution in [2.75, 3.05) is 6.54 Å². The molecule has 3 nitrogen and oxygen atoms in total. The van der Waals surface area contributed by atoms with Crippen LogP contribution in [0.3, 0.4) is 0 Å². The summed E-state index contributed by atoms with van der Waals surface area (Å²) in [6.07, 6.45) is 3.72. The van der Waals surface area contributed by atoms with Gasteiger partial charge < -0.3 is 5.32 Å². The average molecular weight is 355 g/mol. The monoisotopic (exact) mass is 353 g/mol. The molecule has 0 aliphatic carbocycles. The molecule has 0 radical (unpaired) electrons. The van der Waals surface area contributed by atoms with Crippen LogP contribution in [0.1, 0.15) is 19.4 Å². The Hall–Kier alpha value is -0.970. The molecule has 1 N–H and O–H groups in total. The summed E-state index contributed by atoms with van der Waals surface area (Å²) in [6, 6.07) is 5.68. The van der Waals surface area contributed by atoms with Crippen LogP contribution in [-0.2, 0) is 6.54 Å². The van der Waals surface area contributed by atoms with E-state index in [1.54, 1.807) is 0 Å². The van der Waals surface area contributed by atoms with Crippen LogP contribution in [0.2, 0.25) is 5.02 Å². The molecule has 0 unspecified atom stereocenters. The molecule has 1 aromatic heterocycles. The van der Waals surface area contributed by atoms with Crippen molar-refractivity contribution in [2.24, 2.45) is 5.92 Å². The number of hydrogen-bond acceptors (Lipinski definition) is 3. The second kappa shape index (κ2) is 7.16. The first-order valence-corrected chi connectivity index (χ1v) is 7.70. The highest BCUT2D eigenvalue weighted by molar-refractivity contribution is 9.10. The van der Waals surface area contributed by atoms with Gasteiger partial charge >= 0.3 is 0 Å². The summed E-state index contributed by atoms with van der Waals surface area (Å²) >= 11 is 9.39. The Kier molecular flexibility index (Phi) is 5.52. The maximum Gasteiger partial charge on any atom is 0.159 e. The maximum absolute atomic E-state index is 5.98. The molecule has 0 bridgehead atoms. The predicted molar refractivity (Wildman–Crippen MR) is 86.7 cm³/mol. The van der Waals surface area contributed by atoms with Gasteiger partial charge in [0.2, 0.25) is 0 Å². The molecule has 106 valence electrons. The second-order valence-electron chi connectivity index (χ2n) is 5.07. The molecule has 0 aliphatic heterocycles. The second-order valence-corrected chi connectivity index (χ2v) is 6.33. The normalized spacial score (nSPS) is 11.1. The smallest absolute Gasteiger partial charge is 0.159 e. The van der Waals surface area contributed by atoms with E-state index in [1.807, 2.05) is 30.6 Å². The van der Waals surface area contributed by atoms with E-state index < -0.39 is 0 Å². The number of benzene rings is 1. The topological polar surface area (TPSA) is 37.8 Å². The molecule has 2 aromatic rings. The molecule has 0 fully saturated rings. The molecular weight excluding hydrogens is 338 g/mol. The number of hydrogen-bond donors (Lipinski definition) is 1. The van der Waals surface area contributed by atoms with Crippen LogP contribution in [0.15, 0.2) is 35.1 Å². The fourth-order valence-electron chi connectivity index (χ4n) is 1.74. The summed E-state index contributed by atoms with van der Waals surface area (Å²) in [5.74, 6) is 1.34. The molecule has 1 heterocycles. The molecular formula is C15H17BrClN3. The third-order valence-corrected chi connectivity index (χ3v) is 3.98. The zero-order valence-corrected chi connectivity index (χ0v) is 13.9. The molecule has 0 saturated heterocycles. The van der Waals surface area contributed by atoms with Crippen molar-refractivity contribution in [3.63, 3.8) is 0 Å². The van der Waals surface area contributed by atoms with E-state index in [0.29, 0.717) is 16.8 Å². The highest BCUT2D eigenvalue weighted by Gasteiger charge is 2.04. The van der Waals surface area contributed by atoms with Gasteiger partial charge in [-0.2, -0.15) is 0 Å². The van der Waals surface area contributed by atoms with E-state index in [4.69, 9.17) is 11.6 Å². The van der Waals surface area contributed by atoms with Gasteiger partial charge in [0.1, 0.15) is 0 Å². The van der Waals surface area contributed by atoms with Crippen LogP contribution in [0.5, 0.6) is 0 Å². The fourth-order valence-corrected chi connectivity index (χ4v) is 2.23. The Morgan fingerprint density at radius 2 is 1.95 bits per heavy atom. The standard InChI is InChI=1S/C15H17BrClN3/c1-10(2)6-18-7-11-8-19-15(20-9-11)12-3-4-14(17)13(16)5-12/h3-5,8-10,18H,6-7H2,1-2H3. The molecule has 0 amide bonds.